The zero-order chi connectivity index (χ0) is 14.1. The first kappa shape index (κ1) is 16.6. The lowest BCUT2D eigenvalue weighted by Crippen LogP contribution is -2.50. The molecule has 1 saturated heterocycles. The Morgan fingerprint density at radius 3 is 2.67 bits per heavy atom. The zero-order valence-electron chi connectivity index (χ0n) is 12.6. The summed E-state index contributed by atoms with van der Waals surface area (Å²) < 4.78 is 0. The summed E-state index contributed by atoms with van der Waals surface area (Å²) in [5, 5.41) is 19.5. The van der Waals surface area contributed by atoms with E-state index in [-0.39, 0.29) is 28.5 Å². The second-order valence-electron chi connectivity index (χ2n) is 6.00. The van der Waals surface area contributed by atoms with Crippen molar-refractivity contribution in [2.75, 3.05) is 32.7 Å². The second-order valence-corrected chi connectivity index (χ2v) is 6.00. The summed E-state index contributed by atoms with van der Waals surface area (Å²) in [5.74, 6) is 0.0205. The van der Waals surface area contributed by atoms with Crippen molar-refractivity contribution < 1.29 is 10.2 Å². The van der Waals surface area contributed by atoms with E-state index in [9.17, 15) is 10.2 Å². The van der Waals surface area contributed by atoms with Gasteiger partial charge in [0.2, 0.25) is 0 Å². The molecule has 4 nitrogen and oxygen atoms in total. The average Bonchev–Trinajstić information content (AvgIpc) is 2.46. The Kier molecular flexibility index (Phi) is 5.52. The molecule has 2 aliphatic heterocycles. The summed E-state index contributed by atoms with van der Waals surface area (Å²) in [7, 11) is 0. The van der Waals surface area contributed by atoms with Crippen LogP contribution in [-0.4, -0.2) is 52.7 Å². The third-order valence-corrected chi connectivity index (χ3v) is 4.67. The van der Waals surface area contributed by atoms with Crippen LogP contribution < -0.4 is 0 Å². The Bertz CT molecular complexity index is 495. The monoisotopic (exact) mass is 356 g/mol. The molecule has 1 fully saturated rings. The third kappa shape index (κ3) is 3.35. The Hall–Kier alpha value is -0.780. The minimum absolute atomic E-state index is 0. The summed E-state index contributed by atoms with van der Waals surface area (Å²) in [4.78, 5) is 5.05. The molecule has 0 bridgehead atoms. The highest BCUT2D eigenvalue weighted by atomic mass is 79.9. The van der Waals surface area contributed by atoms with Gasteiger partial charge in [0.25, 0.3) is 0 Å². The summed E-state index contributed by atoms with van der Waals surface area (Å²) in [6.07, 6.45) is 3.45. The van der Waals surface area contributed by atoms with E-state index in [2.05, 4.69) is 16.7 Å². The highest BCUT2D eigenvalue weighted by Crippen LogP contribution is 2.38. The summed E-state index contributed by atoms with van der Waals surface area (Å²) in [6.45, 7) is 7.75. The largest absolute Gasteiger partial charge is 0.504 e. The maximum absolute atomic E-state index is 9.79. The van der Waals surface area contributed by atoms with Crippen LogP contribution in [0.3, 0.4) is 0 Å². The van der Waals surface area contributed by atoms with Gasteiger partial charge >= 0.3 is 0 Å². The van der Waals surface area contributed by atoms with E-state index in [1.165, 1.54) is 30.5 Å². The first-order chi connectivity index (χ1) is 9.69. The smallest absolute Gasteiger partial charge is 0.157 e. The van der Waals surface area contributed by atoms with Crippen LogP contribution in [0.2, 0.25) is 0 Å². The highest BCUT2D eigenvalue weighted by molar-refractivity contribution is 8.93. The van der Waals surface area contributed by atoms with Crippen molar-refractivity contribution in [1.29, 1.82) is 0 Å². The first-order valence-electron chi connectivity index (χ1n) is 7.70. The number of benzene rings is 1. The van der Waals surface area contributed by atoms with E-state index >= 15 is 0 Å². The summed E-state index contributed by atoms with van der Waals surface area (Å²) >= 11 is 0. The van der Waals surface area contributed by atoms with E-state index in [1.807, 2.05) is 0 Å². The fourth-order valence-corrected chi connectivity index (χ4v) is 3.45. The molecule has 2 heterocycles. The molecule has 2 aliphatic rings. The van der Waals surface area contributed by atoms with Gasteiger partial charge in [-0.05, 0) is 42.6 Å². The molecule has 5 heteroatoms. The third-order valence-electron chi connectivity index (χ3n) is 4.67. The van der Waals surface area contributed by atoms with Gasteiger partial charge in [-0.2, -0.15) is 0 Å². The SMILES string of the molecule is Br.CCCCN1CCN2CCc3cc(O)c(O)cc3C2C1. The molecule has 0 saturated carbocycles. The van der Waals surface area contributed by atoms with Crippen LogP contribution in [0.5, 0.6) is 11.5 Å². The highest BCUT2D eigenvalue weighted by Gasteiger charge is 2.32. The van der Waals surface area contributed by atoms with Gasteiger partial charge < -0.3 is 15.1 Å². The molecule has 1 unspecified atom stereocenters. The second kappa shape index (κ2) is 6.99. The van der Waals surface area contributed by atoms with Crippen LogP contribution in [0.4, 0.5) is 0 Å². The maximum atomic E-state index is 9.79. The van der Waals surface area contributed by atoms with Crippen LogP contribution in [-0.2, 0) is 6.42 Å². The molecule has 3 rings (SSSR count). The van der Waals surface area contributed by atoms with Crippen molar-refractivity contribution in [3.05, 3.63) is 23.3 Å². The number of hydrogen-bond donors (Lipinski definition) is 2. The average molecular weight is 357 g/mol. The van der Waals surface area contributed by atoms with Crippen LogP contribution >= 0.6 is 17.0 Å². The Morgan fingerprint density at radius 2 is 1.90 bits per heavy atom. The number of hydrogen-bond acceptors (Lipinski definition) is 4. The first-order valence-corrected chi connectivity index (χ1v) is 7.70. The topological polar surface area (TPSA) is 46.9 Å². The molecular weight excluding hydrogens is 332 g/mol. The standard InChI is InChI=1S/C16H24N2O2.BrH/c1-2-3-5-17-7-8-18-6-4-12-9-15(19)16(20)10-13(12)14(18)11-17;/h9-10,14,19-20H,2-8,11H2,1H3;1H. The molecular formula is C16H25BrN2O2. The van der Waals surface area contributed by atoms with Crippen LogP contribution in [0.15, 0.2) is 12.1 Å². The number of piperazine rings is 1. The molecule has 0 aromatic heterocycles. The zero-order valence-corrected chi connectivity index (χ0v) is 14.3. The molecule has 1 aromatic carbocycles. The number of phenols is 2. The van der Waals surface area contributed by atoms with Gasteiger partial charge in [0, 0.05) is 32.2 Å². The molecule has 1 atom stereocenters. The van der Waals surface area contributed by atoms with Gasteiger partial charge in [-0.1, -0.05) is 13.3 Å². The lowest BCUT2D eigenvalue weighted by Gasteiger charge is -2.45. The maximum Gasteiger partial charge on any atom is 0.157 e. The number of halogens is 1. The minimum Gasteiger partial charge on any atom is -0.504 e. The van der Waals surface area contributed by atoms with Crippen molar-refractivity contribution in [2.24, 2.45) is 0 Å². The van der Waals surface area contributed by atoms with E-state index in [0.717, 1.165) is 32.6 Å². The van der Waals surface area contributed by atoms with Crippen LogP contribution in [0, 0.1) is 0 Å². The Morgan fingerprint density at radius 1 is 1.14 bits per heavy atom. The normalized spacial score (nSPS) is 22.2. The van der Waals surface area contributed by atoms with E-state index < -0.39 is 0 Å². The Labute approximate surface area is 137 Å². The molecule has 0 radical (unpaired) electrons. The number of nitrogens with zero attached hydrogens (tertiary/aromatic N) is 2. The Balaban J connectivity index is 0.00000161. The van der Waals surface area contributed by atoms with E-state index in [1.54, 1.807) is 12.1 Å². The van der Waals surface area contributed by atoms with Gasteiger partial charge in [-0.25, -0.2) is 0 Å². The van der Waals surface area contributed by atoms with Crippen LogP contribution in [0.1, 0.15) is 36.9 Å². The van der Waals surface area contributed by atoms with Gasteiger partial charge in [0.05, 0.1) is 0 Å². The fourth-order valence-electron chi connectivity index (χ4n) is 3.45. The number of fused-ring (bicyclic) bond motifs is 3. The molecule has 118 valence electrons. The summed E-state index contributed by atoms with van der Waals surface area (Å²) in [5.41, 5.74) is 2.40. The number of aromatic hydroxyl groups is 2. The predicted octanol–water partition coefficient (Wildman–Crippen LogP) is 2.69. The minimum atomic E-state index is 0. The molecule has 0 spiro atoms. The molecule has 2 N–H and O–H groups in total. The molecule has 21 heavy (non-hydrogen) atoms. The van der Waals surface area contributed by atoms with Crippen LogP contribution in [0.25, 0.3) is 0 Å². The lowest BCUT2D eigenvalue weighted by molar-refractivity contribution is 0.0663. The molecule has 0 amide bonds. The van der Waals surface area contributed by atoms with Crippen molar-refractivity contribution in [1.82, 2.24) is 9.80 Å². The quantitative estimate of drug-likeness (QED) is 0.817. The van der Waals surface area contributed by atoms with Crippen molar-refractivity contribution in [3.8, 4) is 11.5 Å². The number of phenolic OH excluding ortho intramolecular Hbond substituents is 2. The number of unbranched alkanes of at least 4 members (excludes halogenated alkanes) is 1. The molecule has 1 aromatic rings. The predicted molar refractivity (Wildman–Crippen MR) is 89.5 cm³/mol. The van der Waals surface area contributed by atoms with Gasteiger partial charge in [-0.15, -0.1) is 17.0 Å². The van der Waals surface area contributed by atoms with Crippen molar-refractivity contribution in [2.45, 2.75) is 32.2 Å². The van der Waals surface area contributed by atoms with E-state index in [0.29, 0.717) is 6.04 Å². The summed E-state index contributed by atoms with van der Waals surface area (Å²) in [6, 6.07) is 3.88. The number of rotatable bonds is 3. The van der Waals surface area contributed by atoms with Gasteiger partial charge in [0.15, 0.2) is 11.5 Å². The van der Waals surface area contributed by atoms with Gasteiger partial charge in [-0.3, -0.25) is 4.90 Å². The molecule has 0 aliphatic carbocycles. The van der Waals surface area contributed by atoms with Crippen molar-refractivity contribution >= 4 is 17.0 Å². The fraction of sp³-hybridized carbons (Fsp3) is 0.625. The lowest BCUT2D eigenvalue weighted by atomic mass is 9.90. The van der Waals surface area contributed by atoms with Crippen molar-refractivity contribution in [3.63, 3.8) is 0 Å². The van der Waals surface area contributed by atoms with Gasteiger partial charge in [0.1, 0.15) is 0 Å². The van der Waals surface area contributed by atoms with E-state index in [4.69, 9.17) is 0 Å².